The summed E-state index contributed by atoms with van der Waals surface area (Å²) in [4.78, 5) is 26.1. The van der Waals surface area contributed by atoms with E-state index in [1.54, 1.807) is 42.6 Å². The lowest BCUT2D eigenvalue weighted by atomic mass is 9.82. The number of hydrogen-bond acceptors (Lipinski definition) is 6. The van der Waals surface area contributed by atoms with Gasteiger partial charge in [0, 0.05) is 20.5 Å². The first-order chi connectivity index (χ1) is 16.0. The van der Waals surface area contributed by atoms with Gasteiger partial charge in [0.05, 0.1) is 19.2 Å². The van der Waals surface area contributed by atoms with Gasteiger partial charge in [0.1, 0.15) is 17.8 Å². The molecule has 0 N–H and O–H groups in total. The average molecular weight is 506 g/mol. The second-order valence-electron chi connectivity index (χ2n) is 8.09. The molecule has 0 aliphatic carbocycles. The maximum absolute atomic E-state index is 13.8. The van der Waals surface area contributed by atoms with Crippen molar-refractivity contribution in [2.24, 2.45) is 5.10 Å². The first kappa shape index (κ1) is 21.3. The normalized spacial score (nSPS) is 23.0. The van der Waals surface area contributed by atoms with Crippen LogP contribution in [0.1, 0.15) is 39.0 Å². The van der Waals surface area contributed by atoms with Crippen LogP contribution in [0, 0.1) is 10.1 Å². The summed E-state index contributed by atoms with van der Waals surface area (Å²) in [5.41, 5.74) is 2.83. The lowest BCUT2D eigenvalue weighted by Gasteiger charge is -2.30. The molecule has 166 valence electrons. The molecular formula is C25H20BrN3O4. The predicted molar refractivity (Wildman–Crippen MR) is 127 cm³/mol. The molecule has 0 radical (unpaired) electrons. The highest BCUT2D eigenvalue weighted by Crippen LogP contribution is 2.49. The maximum Gasteiger partial charge on any atom is 0.248 e. The van der Waals surface area contributed by atoms with E-state index in [0.29, 0.717) is 11.3 Å². The number of Topliss-reactive ketones (excluding diaryl/α,β-unsaturated/α-hetero) is 1. The van der Waals surface area contributed by atoms with Crippen LogP contribution >= 0.6 is 15.9 Å². The van der Waals surface area contributed by atoms with Gasteiger partial charge in [-0.05, 0) is 47.5 Å². The summed E-state index contributed by atoms with van der Waals surface area (Å²) in [6.07, 6.45) is 1.68. The molecule has 4 atom stereocenters. The number of fused-ring (bicyclic) bond motifs is 3. The Morgan fingerprint density at radius 1 is 1.06 bits per heavy atom. The van der Waals surface area contributed by atoms with Crippen LogP contribution in [-0.4, -0.2) is 41.1 Å². The molecule has 0 amide bonds. The van der Waals surface area contributed by atoms with Crippen molar-refractivity contribution in [1.82, 2.24) is 5.01 Å². The molecule has 8 heteroatoms. The number of ketones is 1. The second-order valence-corrected chi connectivity index (χ2v) is 9.00. The van der Waals surface area contributed by atoms with Crippen molar-refractivity contribution in [1.29, 1.82) is 0 Å². The zero-order valence-corrected chi connectivity index (χ0v) is 19.3. The lowest BCUT2D eigenvalue weighted by Crippen LogP contribution is -2.38. The molecule has 2 aliphatic heterocycles. The van der Waals surface area contributed by atoms with Crippen molar-refractivity contribution in [3.05, 3.63) is 110 Å². The summed E-state index contributed by atoms with van der Waals surface area (Å²) in [6.45, 7) is 0. The molecule has 2 aliphatic rings. The molecule has 1 fully saturated rings. The molecule has 0 spiro atoms. The monoisotopic (exact) mass is 505 g/mol. The van der Waals surface area contributed by atoms with Crippen LogP contribution in [0.4, 0.5) is 0 Å². The van der Waals surface area contributed by atoms with E-state index >= 15 is 0 Å². The van der Waals surface area contributed by atoms with Gasteiger partial charge in [-0.2, -0.15) is 5.10 Å². The Morgan fingerprint density at radius 2 is 1.76 bits per heavy atom. The van der Waals surface area contributed by atoms with Gasteiger partial charge in [-0.3, -0.25) is 19.9 Å². The van der Waals surface area contributed by atoms with Crippen LogP contribution in [-0.2, 0) is 0 Å². The van der Waals surface area contributed by atoms with Crippen molar-refractivity contribution >= 4 is 27.9 Å². The second kappa shape index (κ2) is 8.44. The number of nitrogens with zero attached hydrogens (tertiary/aromatic N) is 3. The van der Waals surface area contributed by atoms with E-state index in [9.17, 15) is 14.9 Å². The molecular weight excluding hydrogens is 486 g/mol. The fourth-order valence-electron chi connectivity index (χ4n) is 4.89. The number of hydrogen-bond donors (Lipinski definition) is 0. The van der Waals surface area contributed by atoms with Gasteiger partial charge in [-0.25, -0.2) is 0 Å². The molecule has 2 heterocycles. The largest absolute Gasteiger partial charge is 0.497 e. The van der Waals surface area contributed by atoms with Gasteiger partial charge in [0.2, 0.25) is 6.04 Å². The van der Waals surface area contributed by atoms with Crippen LogP contribution in [0.5, 0.6) is 5.75 Å². The van der Waals surface area contributed by atoms with E-state index in [1.807, 2.05) is 48.5 Å². The summed E-state index contributed by atoms with van der Waals surface area (Å²) >= 11 is 3.43. The smallest absolute Gasteiger partial charge is 0.248 e. The van der Waals surface area contributed by atoms with Crippen molar-refractivity contribution in [2.75, 3.05) is 7.11 Å². The van der Waals surface area contributed by atoms with E-state index < -0.39 is 24.0 Å². The summed E-state index contributed by atoms with van der Waals surface area (Å²) in [5.74, 6) is -0.263. The Bertz CT molecular complexity index is 1240. The first-order valence-electron chi connectivity index (χ1n) is 10.5. The van der Waals surface area contributed by atoms with Gasteiger partial charge < -0.3 is 4.74 Å². The van der Waals surface area contributed by atoms with Gasteiger partial charge in [-0.1, -0.05) is 52.3 Å². The van der Waals surface area contributed by atoms with Crippen LogP contribution in [0.15, 0.2) is 82.4 Å². The third-order valence-electron chi connectivity index (χ3n) is 6.39. The minimum atomic E-state index is -1.04. The van der Waals surface area contributed by atoms with Gasteiger partial charge in [0.25, 0.3) is 0 Å². The summed E-state index contributed by atoms with van der Waals surface area (Å²) in [6, 6.07) is 19.2. The predicted octanol–water partition coefficient (Wildman–Crippen LogP) is 4.84. The Labute approximate surface area is 199 Å². The lowest BCUT2D eigenvalue weighted by molar-refractivity contribution is -0.529. The van der Waals surface area contributed by atoms with E-state index in [1.165, 1.54) is 0 Å². The summed E-state index contributed by atoms with van der Waals surface area (Å²) in [7, 11) is 1.56. The van der Waals surface area contributed by atoms with E-state index in [-0.39, 0.29) is 10.7 Å². The van der Waals surface area contributed by atoms with E-state index in [2.05, 4.69) is 21.0 Å². The SMILES string of the molecule is COc1ccc(C(=O)[C@@H]2[C@H](c3ccc(Br)cc3)[C@H]([N+](=O)[O-])[C@@H]3c4ccccc4C=NN23)cc1. The van der Waals surface area contributed by atoms with Gasteiger partial charge in [-0.15, -0.1) is 0 Å². The number of benzene rings is 3. The Balaban J connectivity index is 1.67. The highest BCUT2D eigenvalue weighted by molar-refractivity contribution is 9.10. The highest BCUT2D eigenvalue weighted by Gasteiger charge is 2.60. The van der Waals surface area contributed by atoms with Crippen LogP contribution in [0.3, 0.4) is 0 Å². The summed E-state index contributed by atoms with van der Waals surface area (Å²) in [5, 5.41) is 18.7. The first-order valence-corrected chi connectivity index (χ1v) is 11.3. The number of carbonyl (C=O) groups excluding carboxylic acids is 1. The molecule has 0 saturated carbocycles. The Morgan fingerprint density at radius 3 is 2.42 bits per heavy atom. The number of hydrazone groups is 1. The molecule has 3 aromatic rings. The van der Waals surface area contributed by atoms with Gasteiger partial charge in [0.15, 0.2) is 5.78 Å². The number of ether oxygens (including phenoxy) is 1. The fraction of sp³-hybridized carbons (Fsp3) is 0.200. The zero-order chi connectivity index (χ0) is 23.1. The third-order valence-corrected chi connectivity index (χ3v) is 6.92. The number of nitro groups is 1. The standard InChI is InChI=1S/C25H20BrN3O4/c1-33-19-12-8-16(9-13-19)25(30)24-21(15-6-10-18(26)11-7-15)23(29(31)32)22-20-5-3-2-4-17(20)14-27-28(22)24/h2-14,21-24H,1H3/t21-,22+,23+,24+/m1/s1. The van der Waals surface area contributed by atoms with Gasteiger partial charge >= 0.3 is 0 Å². The molecule has 33 heavy (non-hydrogen) atoms. The highest BCUT2D eigenvalue weighted by atomic mass is 79.9. The molecule has 0 aromatic heterocycles. The Kier molecular flexibility index (Phi) is 5.46. The van der Waals surface area contributed by atoms with Crippen molar-refractivity contribution in [3.63, 3.8) is 0 Å². The third kappa shape index (κ3) is 3.60. The van der Waals surface area contributed by atoms with Crippen molar-refractivity contribution in [3.8, 4) is 5.75 Å². The van der Waals surface area contributed by atoms with Crippen molar-refractivity contribution < 1.29 is 14.5 Å². The minimum Gasteiger partial charge on any atom is -0.497 e. The van der Waals surface area contributed by atoms with Crippen LogP contribution in [0.25, 0.3) is 0 Å². The Hall–Kier alpha value is -3.52. The molecule has 5 rings (SSSR count). The van der Waals surface area contributed by atoms with E-state index in [4.69, 9.17) is 4.74 Å². The van der Waals surface area contributed by atoms with E-state index in [0.717, 1.165) is 21.2 Å². The number of halogens is 1. The molecule has 7 nitrogen and oxygen atoms in total. The number of methoxy groups -OCH3 is 1. The number of rotatable bonds is 5. The number of carbonyl (C=O) groups is 1. The quantitative estimate of drug-likeness (QED) is 0.281. The minimum absolute atomic E-state index is 0.212. The molecule has 0 bridgehead atoms. The van der Waals surface area contributed by atoms with Crippen LogP contribution < -0.4 is 4.74 Å². The zero-order valence-electron chi connectivity index (χ0n) is 17.7. The van der Waals surface area contributed by atoms with Crippen LogP contribution in [0.2, 0.25) is 0 Å². The average Bonchev–Trinajstić information content (AvgIpc) is 3.20. The molecule has 3 aromatic carbocycles. The maximum atomic E-state index is 13.8. The summed E-state index contributed by atoms with van der Waals surface area (Å²) < 4.78 is 6.07. The fourth-order valence-corrected chi connectivity index (χ4v) is 5.16. The molecule has 0 unspecified atom stereocenters. The topological polar surface area (TPSA) is 85.0 Å². The molecule has 1 saturated heterocycles. The van der Waals surface area contributed by atoms with Crippen molar-refractivity contribution in [2.45, 2.75) is 24.0 Å².